The molecule has 0 aliphatic carbocycles. The van der Waals surface area contributed by atoms with Gasteiger partial charge in [-0.2, -0.15) is 0 Å². The molecule has 0 heterocycles. The van der Waals surface area contributed by atoms with Crippen LogP contribution < -0.4 is 10.6 Å². The van der Waals surface area contributed by atoms with Crippen LogP contribution in [0.15, 0.2) is 24.8 Å². The summed E-state index contributed by atoms with van der Waals surface area (Å²) in [4.78, 5) is 25.9. The van der Waals surface area contributed by atoms with Gasteiger partial charge in [0.15, 0.2) is 0 Å². The van der Waals surface area contributed by atoms with Crippen LogP contribution >= 0.6 is 0 Å². The Labute approximate surface area is 141 Å². The number of likely N-dealkylation sites (N-methyl/N-ethyl adjacent to an activating group) is 2. The van der Waals surface area contributed by atoms with Crippen molar-refractivity contribution in [1.29, 1.82) is 0 Å². The number of hydrogen-bond acceptors (Lipinski definition) is 4. The lowest BCUT2D eigenvalue weighted by Crippen LogP contribution is -2.34. The lowest BCUT2D eigenvalue weighted by molar-refractivity contribution is -0.117. The van der Waals surface area contributed by atoms with Gasteiger partial charge in [-0.05, 0) is 40.2 Å². The summed E-state index contributed by atoms with van der Waals surface area (Å²) in [5, 5.41) is 5.47. The molecule has 0 saturated heterocycles. The Morgan fingerprint density at radius 1 is 1.04 bits per heavy atom. The minimum Gasteiger partial charge on any atom is -0.351 e. The number of rotatable bonds is 10. The minimum atomic E-state index is -0.109. The molecule has 23 heavy (non-hydrogen) atoms. The highest BCUT2D eigenvalue weighted by Crippen LogP contribution is 1.87. The lowest BCUT2D eigenvalue weighted by Gasteiger charge is -2.17. The van der Waals surface area contributed by atoms with Crippen molar-refractivity contribution in [2.45, 2.75) is 20.8 Å². The Kier molecular flexibility index (Phi) is 15.6. The van der Waals surface area contributed by atoms with Crippen molar-refractivity contribution in [1.82, 2.24) is 20.4 Å². The molecule has 0 spiro atoms. The Hall–Kier alpha value is -1.66. The average molecular weight is 326 g/mol. The van der Waals surface area contributed by atoms with Crippen LogP contribution in [0.1, 0.15) is 20.8 Å². The van der Waals surface area contributed by atoms with Gasteiger partial charge in [-0.25, -0.2) is 0 Å². The normalized spacial score (nSPS) is 9.87. The Balaban J connectivity index is 0. The van der Waals surface area contributed by atoms with Gasteiger partial charge in [0.25, 0.3) is 0 Å². The largest absolute Gasteiger partial charge is 0.351 e. The third-order valence-corrected chi connectivity index (χ3v) is 3.04. The summed E-state index contributed by atoms with van der Waals surface area (Å²) < 4.78 is 0. The molecule has 6 nitrogen and oxygen atoms in total. The van der Waals surface area contributed by atoms with Crippen molar-refractivity contribution in [2.75, 3.05) is 53.4 Å². The maximum Gasteiger partial charge on any atom is 0.246 e. The van der Waals surface area contributed by atoms with Crippen molar-refractivity contribution < 1.29 is 9.59 Å². The van der Waals surface area contributed by atoms with Gasteiger partial charge >= 0.3 is 0 Å². The van der Waals surface area contributed by atoms with Gasteiger partial charge in [0.05, 0.1) is 0 Å². The fourth-order valence-electron chi connectivity index (χ4n) is 1.49. The SMILES string of the molecule is C=C(C)C(=O)NCCN(CC)CC.C=CC(=O)NCCN(C)C. The molecule has 0 aromatic rings. The zero-order valence-electron chi connectivity index (χ0n) is 15.4. The number of nitrogens with zero attached hydrogens (tertiary/aromatic N) is 2. The monoisotopic (exact) mass is 326 g/mol. The number of hydrogen-bond donors (Lipinski definition) is 2. The smallest absolute Gasteiger partial charge is 0.246 e. The minimum absolute atomic E-state index is 0.0489. The van der Waals surface area contributed by atoms with Crippen LogP contribution in [0.25, 0.3) is 0 Å². The van der Waals surface area contributed by atoms with E-state index in [0.717, 1.165) is 26.2 Å². The van der Waals surface area contributed by atoms with Crippen LogP contribution in [0.3, 0.4) is 0 Å². The van der Waals surface area contributed by atoms with E-state index in [-0.39, 0.29) is 11.8 Å². The quantitative estimate of drug-likeness (QED) is 0.585. The Bertz CT molecular complexity index is 364. The second-order valence-electron chi connectivity index (χ2n) is 5.36. The van der Waals surface area contributed by atoms with Crippen molar-refractivity contribution >= 4 is 11.8 Å². The topological polar surface area (TPSA) is 64.7 Å². The summed E-state index contributed by atoms with van der Waals surface area (Å²) in [6, 6.07) is 0. The van der Waals surface area contributed by atoms with E-state index in [1.165, 1.54) is 6.08 Å². The van der Waals surface area contributed by atoms with E-state index in [1.54, 1.807) is 6.92 Å². The van der Waals surface area contributed by atoms with E-state index >= 15 is 0 Å². The van der Waals surface area contributed by atoms with Gasteiger partial charge in [-0.3, -0.25) is 9.59 Å². The fourth-order valence-corrected chi connectivity index (χ4v) is 1.49. The third kappa shape index (κ3) is 16.5. The number of carbonyl (C=O) groups is 2. The summed E-state index contributed by atoms with van der Waals surface area (Å²) in [6.45, 7) is 18.0. The third-order valence-electron chi connectivity index (χ3n) is 3.04. The van der Waals surface area contributed by atoms with Crippen molar-refractivity contribution in [3.8, 4) is 0 Å². The molecule has 0 radical (unpaired) electrons. The first-order valence-corrected chi connectivity index (χ1v) is 7.99. The Morgan fingerprint density at radius 2 is 1.57 bits per heavy atom. The first-order valence-electron chi connectivity index (χ1n) is 7.99. The summed E-state index contributed by atoms with van der Waals surface area (Å²) in [6.07, 6.45) is 1.27. The lowest BCUT2D eigenvalue weighted by atomic mass is 10.3. The molecule has 2 N–H and O–H groups in total. The van der Waals surface area contributed by atoms with Gasteiger partial charge in [-0.15, -0.1) is 0 Å². The van der Waals surface area contributed by atoms with Gasteiger partial charge in [0.2, 0.25) is 11.8 Å². The van der Waals surface area contributed by atoms with Crippen LogP contribution in [0.4, 0.5) is 0 Å². The molecule has 0 aliphatic heterocycles. The van der Waals surface area contributed by atoms with Crippen molar-refractivity contribution in [3.05, 3.63) is 24.8 Å². The van der Waals surface area contributed by atoms with Crippen LogP contribution in [0, 0.1) is 0 Å². The van der Waals surface area contributed by atoms with E-state index in [4.69, 9.17) is 0 Å². The molecule has 2 amide bonds. The molecule has 0 aromatic carbocycles. The highest BCUT2D eigenvalue weighted by molar-refractivity contribution is 5.92. The second-order valence-corrected chi connectivity index (χ2v) is 5.36. The number of amides is 2. The summed E-state index contributed by atoms with van der Waals surface area (Å²) in [5.41, 5.74) is 0.569. The Morgan fingerprint density at radius 3 is 1.96 bits per heavy atom. The van der Waals surface area contributed by atoms with Crippen LogP contribution in [0.5, 0.6) is 0 Å². The zero-order chi connectivity index (χ0) is 18.3. The molecular formula is C17H34N4O2. The predicted octanol–water partition coefficient (Wildman–Crippen LogP) is 0.871. The molecule has 0 fully saturated rings. The number of nitrogens with one attached hydrogen (secondary N) is 2. The van der Waals surface area contributed by atoms with E-state index in [1.807, 2.05) is 19.0 Å². The molecule has 0 saturated carbocycles. The van der Waals surface area contributed by atoms with E-state index < -0.39 is 0 Å². The molecular weight excluding hydrogens is 292 g/mol. The predicted molar refractivity (Wildman–Crippen MR) is 97.4 cm³/mol. The first-order chi connectivity index (χ1) is 10.8. The molecule has 0 bridgehead atoms. The fraction of sp³-hybridized carbons (Fsp3) is 0.647. The maximum atomic E-state index is 11.1. The summed E-state index contributed by atoms with van der Waals surface area (Å²) in [5.74, 6) is -0.158. The van der Waals surface area contributed by atoms with E-state index in [2.05, 4.69) is 42.5 Å². The molecule has 0 rings (SSSR count). The average Bonchev–Trinajstić information content (AvgIpc) is 2.51. The summed E-state index contributed by atoms with van der Waals surface area (Å²) in [7, 11) is 3.92. The van der Waals surface area contributed by atoms with Gasteiger partial charge < -0.3 is 20.4 Å². The summed E-state index contributed by atoms with van der Waals surface area (Å²) >= 11 is 0. The zero-order valence-corrected chi connectivity index (χ0v) is 15.4. The first kappa shape index (κ1) is 23.6. The second kappa shape index (κ2) is 15.2. The molecule has 0 aromatic heterocycles. The highest BCUT2D eigenvalue weighted by atomic mass is 16.2. The molecule has 134 valence electrons. The van der Waals surface area contributed by atoms with Crippen molar-refractivity contribution in [3.63, 3.8) is 0 Å². The van der Waals surface area contributed by atoms with Crippen LogP contribution in [-0.2, 0) is 9.59 Å². The van der Waals surface area contributed by atoms with E-state index in [9.17, 15) is 9.59 Å². The van der Waals surface area contributed by atoms with Gasteiger partial charge in [0.1, 0.15) is 0 Å². The maximum absolute atomic E-state index is 11.1. The standard InChI is InChI=1S/C10H20N2O.C7H14N2O/c1-5-12(6-2)8-7-11-10(13)9(3)4;1-4-7(10)8-5-6-9(2)3/h3,5-8H2,1-2,4H3,(H,11,13);4H,1,5-6H2,2-3H3,(H,8,10). The molecule has 0 unspecified atom stereocenters. The molecule has 0 atom stereocenters. The van der Waals surface area contributed by atoms with Crippen LogP contribution in [0.2, 0.25) is 0 Å². The van der Waals surface area contributed by atoms with Gasteiger partial charge in [-0.1, -0.05) is 27.0 Å². The highest BCUT2D eigenvalue weighted by Gasteiger charge is 2.02. The van der Waals surface area contributed by atoms with Crippen molar-refractivity contribution in [2.24, 2.45) is 0 Å². The van der Waals surface area contributed by atoms with Gasteiger partial charge in [0, 0.05) is 31.8 Å². The van der Waals surface area contributed by atoms with Crippen LogP contribution in [-0.4, -0.2) is 75.0 Å². The number of carbonyl (C=O) groups excluding carboxylic acids is 2. The van der Waals surface area contributed by atoms with E-state index in [0.29, 0.717) is 18.7 Å². The molecule has 6 heteroatoms. The molecule has 0 aliphatic rings.